The molecule has 0 N–H and O–H groups in total. The Hall–Kier alpha value is -1.68. The first kappa shape index (κ1) is 11.8. The van der Waals surface area contributed by atoms with Gasteiger partial charge in [-0.15, -0.1) is 0 Å². The van der Waals surface area contributed by atoms with Gasteiger partial charge in [0.2, 0.25) is 0 Å². The zero-order chi connectivity index (χ0) is 12.3. The van der Waals surface area contributed by atoms with Gasteiger partial charge in [-0.2, -0.15) is 5.10 Å². The smallest absolute Gasteiger partial charge is 0.185 e. The van der Waals surface area contributed by atoms with Gasteiger partial charge in [0.1, 0.15) is 0 Å². The number of rotatable bonds is 3. The number of carbonyl (C=O) groups is 1. The Morgan fingerprint density at radius 1 is 1.41 bits per heavy atom. The molecular weight excluding hydrogens is 280 g/mol. The lowest BCUT2D eigenvalue weighted by molar-refractivity contribution is 0.104. The summed E-state index contributed by atoms with van der Waals surface area (Å²) in [4.78, 5) is 11.9. The summed E-state index contributed by atoms with van der Waals surface area (Å²) in [6.45, 7) is 0. The first-order chi connectivity index (χ1) is 8.16. The van der Waals surface area contributed by atoms with E-state index in [0.717, 1.165) is 10.2 Å². The van der Waals surface area contributed by atoms with Crippen molar-refractivity contribution in [2.45, 2.75) is 0 Å². The number of nitrogens with zero attached hydrogens (tertiary/aromatic N) is 2. The van der Waals surface area contributed by atoms with Crippen molar-refractivity contribution in [1.29, 1.82) is 0 Å². The van der Waals surface area contributed by atoms with Crippen molar-refractivity contribution in [1.82, 2.24) is 9.78 Å². The molecule has 86 valence electrons. The number of aryl methyl sites for hydroxylation is 1. The second-order valence-corrected chi connectivity index (χ2v) is 4.50. The number of aromatic nitrogens is 2. The lowest BCUT2D eigenvalue weighted by Crippen LogP contribution is -1.95. The summed E-state index contributed by atoms with van der Waals surface area (Å²) in [6, 6.07) is 9.18. The maximum absolute atomic E-state index is 11.9. The SMILES string of the molecule is Cn1nccc1/C=C/C(=O)c1cccc(Br)c1. The number of allylic oxidation sites excluding steroid dienone is 1. The van der Waals surface area contributed by atoms with Gasteiger partial charge in [-0.25, -0.2) is 0 Å². The Labute approximate surface area is 108 Å². The van der Waals surface area contributed by atoms with Crippen LogP contribution in [0.1, 0.15) is 16.1 Å². The third kappa shape index (κ3) is 2.91. The average Bonchev–Trinajstić information content (AvgIpc) is 2.72. The van der Waals surface area contributed by atoms with Crippen LogP contribution in [0.25, 0.3) is 6.08 Å². The zero-order valence-electron chi connectivity index (χ0n) is 9.30. The van der Waals surface area contributed by atoms with Crippen LogP contribution in [0, 0.1) is 0 Å². The predicted molar refractivity (Wildman–Crippen MR) is 70.7 cm³/mol. The largest absolute Gasteiger partial charge is 0.289 e. The van der Waals surface area contributed by atoms with Gasteiger partial charge in [-0.1, -0.05) is 28.1 Å². The maximum atomic E-state index is 11.9. The molecule has 1 heterocycles. The van der Waals surface area contributed by atoms with Crippen molar-refractivity contribution in [2.75, 3.05) is 0 Å². The second-order valence-electron chi connectivity index (χ2n) is 3.59. The molecule has 17 heavy (non-hydrogen) atoms. The summed E-state index contributed by atoms with van der Waals surface area (Å²) in [7, 11) is 1.84. The minimum absolute atomic E-state index is 0.0208. The van der Waals surface area contributed by atoms with E-state index in [9.17, 15) is 4.79 Å². The van der Waals surface area contributed by atoms with E-state index in [1.165, 1.54) is 0 Å². The number of benzene rings is 1. The molecule has 2 aromatic rings. The number of carbonyl (C=O) groups excluding carboxylic acids is 1. The summed E-state index contributed by atoms with van der Waals surface area (Å²) in [6.07, 6.45) is 5.01. The number of halogens is 1. The predicted octanol–water partition coefficient (Wildman–Crippen LogP) is 3.08. The second kappa shape index (κ2) is 5.10. The highest BCUT2D eigenvalue weighted by Crippen LogP contribution is 2.13. The van der Waals surface area contributed by atoms with Crippen LogP contribution >= 0.6 is 15.9 Å². The third-order valence-electron chi connectivity index (χ3n) is 2.37. The van der Waals surface area contributed by atoms with E-state index < -0.39 is 0 Å². The van der Waals surface area contributed by atoms with E-state index in [0.29, 0.717) is 5.56 Å². The van der Waals surface area contributed by atoms with Gasteiger partial charge in [0.05, 0.1) is 5.69 Å². The van der Waals surface area contributed by atoms with Crippen molar-refractivity contribution in [3.05, 3.63) is 58.3 Å². The van der Waals surface area contributed by atoms with Crippen molar-refractivity contribution >= 4 is 27.8 Å². The van der Waals surface area contributed by atoms with E-state index in [-0.39, 0.29) is 5.78 Å². The molecule has 0 aliphatic rings. The van der Waals surface area contributed by atoms with Crippen LogP contribution in [0.4, 0.5) is 0 Å². The normalized spacial score (nSPS) is 10.9. The highest BCUT2D eigenvalue weighted by Gasteiger charge is 2.02. The minimum Gasteiger partial charge on any atom is -0.289 e. The molecule has 0 bridgehead atoms. The van der Waals surface area contributed by atoms with Crippen LogP contribution in [-0.4, -0.2) is 15.6 Å². The third-order valence-corrected chi connectivity index (χ3v) is 2.87. The Bertz CT molecular complexity index is 572. The first-order valence-electron chi connectivity index (χ1n) is 5.13. The van der Waals surface area contributed by atoms with E-state index >= 15 is 0 Å². The lowest BCUT2D eigenvalue weighted by atomic mass is 10.1. The van der Waals surface area contributed by atoms with Crippen LogP contribution in [0.5, 0.6) is 0 Å². The average molecular weight is 291 g/mol. The molecule has 2 rings (SSSR count). The molecule has 0 aliphatic heterocycles. The van der Waals surface area contributed by atoms with Crippen LogP contribution in [0.2, 0.25) is 0 Å². The molecule has 0 saturated heterocycles. The molecule has 0 atom stereocenters. The summed E-state index contributed by atoms with van der Waals surface area (Å²) < 4.78 is 2.61. The quantitative estimate of drug-likeness (QED) is 0.643. The van der Waals surface area contributed by atoms with Gasteiger partial charge in [-0.05, 0) is 30.4 Å². The Morgan fingerprint density at radius 3 is 2.88 bits per heavy atom. The topological polar surface area (TPSA) is 34.9 Å². The standard InChI is InChI=1S/C13H11BrN2O/c1-16-12(7-8-15-16)5-6-13(17)10-3-2-4-11(14)9-10/h2-9H,1H3/b6-5+. The number of hydrogen-bond donors (Lipinski definition) is 0. The molecule has 3 nitrogen and oxygen atoms in total. The van der Waals surface area contributed by atoms with Crippen LogP contribution in [0.15, 0.2) is 47.1 Å². The molecule has 0 saturated carbocycles. The monoisotopic (exact) mass is 290 g/mol. The molecule has 1 aromatic heterocycles. The van der Waals surface area contributed by atoms with Gasteiger partial charge < -0.3 is 0 Å². The molecule has 0 spiro atoms. The molecular formula is C13H11BrN2O. The van der Waals surface area contributed by atoms with Crippen LogP contribution in [0.3, 0.4) is 0 Å². The Morgan fingerprint density at radius 2 is 2.24 bits per heavy atom. The molecule has 4 heteroatoms. The van der Waals surface area contributed by atoms with Crippen LogP contribution < -0.4 is 0 Å². The van der Waals surface area contributed by atoms with Crippen molar-refractivity contribution in [3.8, 4) is 0 Å². The van der Waals surface area contributed by atoms with E-state index in [2.05, 4.69) is 21.0 Å². The molecule has 0 radical (unpaired) electrons. The minimum atomic E-state index is -0.0208. The maximum Gasteiger partial charge on any atom is 0.185 e. The summed E-state index contributed by atoms with van der Waals surface area (Å²) in [5.74, 6) is -0.0208. The zero-order valence-corrected chi connectivity index (χ0v) is 10.9. The fraction of sp³-hybridized carbons (Fsp3) is 0.0769. The summed E-state index contributed by atoms with van der Waals surface area (Å²) >= 11 is 3.34. The molecule has 0 fully saturated rings. The van der Waals surface area contributed by atoms with Gasteiger partial charge in [0.15, 0.2) is 5.78 Å². The molecule has 1 aromatic carbocycles. The van der Waals surface area contributed by atoms with Gasteiger partial charge >= 0.3 is 0 Å². The Balaban J connectivity index is 2.17. The number of ketones is 1. The summed E-state index contributed by atoms with van der Waals surface area (Å²) in [5, 5.41) is 4.03. The number of hydrogen-bond acceptors (Lipinski definition) is 2. The summed E-state index contributed by atoms with van der Waals surface area (Å²) in [5.41, 5.74) is 1.56. The first-order valence-corrected chi connectivity index (χ1v) is 5.92. The Kier molecular flexibility index (Phi) is 3.54. The highest BCUT2D eigenvalue weighted by atomic mass is 79.9. The van der Waals surface area contributed by atoms with Crippen molar-refractivity contribution < 1.29 is 4.79 Å². The molecule has 0 amide bonds. The fourth-order valence-corrected chi connectivity index (χ4v) is 1.85. The van der Waals surface area contributed by atoms with Crippen molar-refractivity contribution in [3.63, 3.8) is 0 Å². The molecule has 0 aliphatic carbocycles. The van der Waals surface area contributed by atoms with E-state index in [4.69, 9.17) is 0 Å². The van der Waals surface area contributed by atoms with Gasteiger partial charge in [0.25, 0.3) is 0 Å². The van der Waals surface area contributed by atoms with Gasteiger partial charge in [-0.3, -0.25) is 9.48 Å². The molecule has 0 unspecified atom stereocenters. The van der Waals surface area contributed by atoms with E-state index in [1.54, 1.807) is 35.2 Å². The van der Waals surface area contributed by atoms with E-state index in [1.807, 2.05) is 25.2 Å². The van der Waals surface area contributed by atoms with Crippen molar-refractivity contribution in [2.24, 2.45) is 7.05 Å². The fourth-order valence-electron chi connectivity index (χ4n) is 1.45. The lowest BCUT2D eigenvalue weighted by Gasteiger charge is -1.97. The highest BCUT2D eigenvalue weighted by molar-refractivity contribution is 9.10. The van der Waals surface area contributed by atoms with Gasteiger partial charge in [0, 0.05) is 23.3 Å². The van der Waals surface area contributed by atoms with Crippen LogP contribution in [-0.2, 0) is 7.05 Å².